The van der Waals surface area contributed by atoms with Gasteiger partial charge in [0, 0.05) is 16.3 Å². The molecule has 1 amide bonds. The lowest BCUT2D eigenvalue weighted by molar-refractivity contribution is -0.120. The first-order chi connectivity index (χ1) is 10.9. The predicted octanol–water partition coefficient (Wildman–Crippen LogP) is 1.68. The van der Waals surface area contributed by atoms with Gasteiger partial charge in [-0.2, -0.15) is 0 Å². The Hall–Kier alpha value is -1.70. The Morgan fingerprint density at radius 1 is 1.17 bits per heavy atom. The van der Waals surface area contributed by atoms with E-state index < -0.39 is 16.4 Å². The first kappa shape index (κ1) is 17.7. The number of aryl methyl sites for hydroxylation is 1. The van der Waals surface area contributed by atoms with Gasteiger partial charge in [-0.3, -0.25) is 4.79 Å². The number of carbonyl (C=O) groups excluding carboxylic acids is 1. The maximum Gasteiger partial charge on any atom is 0.225 e. The molecule has 0 spiro atoms. The van der Waals surface area contributed by atoms with Crippen LogP contribution < -0.4 is 5.32 Å². The zero-order valence-electron chi connectivity index (χ0n) is 12.8. The third-order valence-corrected chi connectivity index (χ3v) is 5.97. The Labute approximate surface area is 139 Å². The minimum absolute atomic E-state index is 0.0659. The van der Waals surface area contributed by atoms with Gasteiger partial charge in [-0.1, -0.05) is 12.1 Å². The number of hydrogen-bond donors (Lipinski definition) is 2. The molecule has 1 aromatic heterocycles. The lowest BCUT2D eigenvalue weighted by Gasteiger charge is -2.06. The second kappa shape index (κ2) is 7.72. The number of hydrogen-bond acceptors (Lipinski definition) is 5. The van der Waals surface area contributed by atoms with Gasteiger partial charge in [0.25, 0.3) is 0 Å². The van der Waals surface area contributed by atoms with Gasteiger partial charge in [0.15, 0.2) is 9.84 Å². The number of rotatable bonds is 7. The first-order valence-corrected chi connectivity index (χ1v) is 9.62. The van der Waals surface area contributed by atoms with Crippen LogP contribution in [0.25, 0.3) is 0 Å². The largest absolute Gasteiger partial charge is 0.395 e. The topological polar surface area (TPSA) is 83.5 Å². The normalized spacial score (nSPS) is 11.4. The molecule has 2 rings (SSSR count). The Bertz CT molecular complexity index is 764. The number of aliphatic hydroxyl groups excluding tert-OH is 1. The number of nitrogens with one attached hydrogen (secondary N) is 1. The molecule has 0 aliphatic rings. The van der Waals surface area contributed by atoms with Gasteiger partial charge in [-0.15, -0.1) is 11.3 Å². The van der Waals surface area contributed by atoms with Crippen LogP contribution in [-0.2, 0) is 27.6 Å². The van der Waals surface area contributed by atoms with E-state index in [0.717, 1.165) is 10.4 Å². The second-order valence-electron chi connectivity index (χ2n) is 5.15. The van der Waals surface area contributed by atoms with E-state index in [4.69, 9.17) is 5.11 Å². The van der Waals surface area contributed by atoms with E-state index in [0.29, 0.717) is 13.0 Å². The number of carbonyl (C=O) groups is 1. The molecule has 0 unspecified atom stereocenters. The van der Waals surface area contributed by atoms with E-state index in [1.165, 1.54) is 17.0 Å². The smallest absolute Gasteiger partial charge is 0.225 e. The van der Waals surface area contributed by atoms with E-state index in [-0.39, 0.29) is 16.6 Å². The maximum absolute atomic E-state index is 11.9. The molecule has 1 heterocycles. The molecule has 0 aliphatic carbocycles. The fraction of sp³-hybridized carbons (Fsp3) is 0.312. The van der Waals surface area contributed by atoms with E-state index in [9.17, 15) is 13.2 Å². The minimum atomic E-state index is -3.43. The van der Waals surface area contributed by atoms with Crippen LogP contribution in [-0.4, -0.2) is 31.8 Å². The molecule has 1 aromatic carbocycles. The van der Waals surface area contributed by atoms with Crippen molar-refractivity contribution in [2.45, 2.75) is 24.8 Å². The van der Waals surface area contributed by atoms with E-state index in [1.807, 2.05) is 19.1 Å². The van der Waals surface area contributed by atoms with Crippen LogP contribution in [0.5, 0.6) is 0 Å². The van der Waals surface area contributed by atoms with Gasteiger partial charge in [0.05, 0.1) is 23.7 Å². The van der Waals surface area contributed by atoms with E-state index in [1.54, 1.807) is 23.5 Å². The molecule has 23 heavy (non-hydrogen) atoms. The van der Waals surface area contributed by atoms with Crippen molar-refractivity contribution in [2.24, 2.45) is 0 Å². The Morgan fingerprint density at radius 2 is 1.87 bits per heavy atom. The monoisotopic (exact) mass is 353 g/mol. The highest BCUT2D eigenvalue weighted by molar-refractivity contribution is 7.91. The fourth-order valence-corrected chi connectivity index (χ4v) is 3.97. The number of amides is 1. The van der Waals surface area contributed by atoms with Gasteiger partial charge in [0.1, 0.15) is 0 Å². The lowest BCUT2D eigenvalue weighted by Crippen LogP contribution is -2.24. The summed E-state index contributed by atoms with van der Waals surface area (Å²) in [5, 5.41) is 11.6. The maximum atomic E-state index is 11.9. The number of aliphatic hydroxyl groups is 1. The molecule has 7 heteroatoms. The van der Waals surface area contributed by atoms with Gasteiger partial charge < -0.3 is 10.4 Å². The summed E-state index contributed by atoms with van der Waals surface area (Å²) in [6.45, 7) is 1.95. The zero-order chi connectivity index (χ0) is 16.9. The second-order valence-corrected chi connectivity index (χ2v) is 8.63. The summed E-state index contributed by atoms with van der Waals surface area (Å²) in [6.07, 6.45) is 0.349. The first-order valence-electron chi connectivity index (χ1n) is 7.15. The van der Waals surface area contributed by atoms with Crippen LogP contribution in [0.15, 0.2) is 41.3 Å². The molecule has 0 atom stereocenters. The zero-order valence-corrected chi connectivity index (χ0v) is 14.4. The SMILES string of the molecule is Cc1ccc(CC(=O)NCc2ccc(S(=O)(=O)CCO)cc2)s1. The summed E-state index contributed by atoms with van der Waals surface area (Å²) in [6, 6.07) is 10.3. The number of sulfone groups is 1. The van der Waals surface area contributed by atoms with Crippen molar-refractivity contribution in [3.63, 3.8) is 0 Å². The molecule has 124 valence electrons. The molecule has 0 aliphatic heterocycles. The molecule has 0 saturated heterocycles. The van der Waals surface area contributed by atoms with Crippen molar-refractivity contribution in [1.82, 2.24) is 5.32 Å². The third-order valence-electron chi connectivity index (χ3n) is 3.26. The molecule has 0 fully saturated rings. The van der Waals surface area contributed by atoms with E-state index in [2.05, 4.69) is 5.32 Å². The molecule has 0 bridgehead atoms. The summed E-state index contributed by atoms with van der Waals surface area (Å²) in [7, 11) is -3.43. The van der Waals surface area contributed by atoms with Crippen LogP contribution in [0, 0.1) is 6.92 Å². The molecule has 0 radical (unpaired) electrons. The standard InChI is InChI=1S/C16H19NO4S2/c1-12-2-5-14(22-12)10-16(19)17-11-13-3-6-15(7-4-13)23(20,21)9-8-18/h2-7,18H,8-11H2,1H3,(H,17,19). The molecule has 2 aromatic rings. The Balaban J connectivity index is 1.90. The summed E-state index contributed by atoms with van der Waals surface area (Å²) in [5.41, 5.74) is 0.823. The van der Waals surface area contributed by atoms with Crippen molar-refractivity contribution in [1.29, 1.82) is 0 Å². The summed E-state index contributed by atoms with van der Waals surface area (Å²) in [4.78, 5) is 14.2. The van der Waals surface area contributed by atoms with Gasteiger partial charge in [-0.05, 0) is 36.8 Å². The van der Waals surface area contributed by atoms with Crippen LogP contribution in [0.4, 0.5) is 0 Å². The summed E-state index contributed by atoms with van der Waals surface area (Å²) < 4.78 is 23.6. The number of benzene rings is 1. The molecule has 2 N–H and O–H groups in total. The van der Waals surface area contributed by atoms with Crippen LogP contribution in [0.2, 0.25) is 0 Å². The van der Waals surface area contributed by atoms with Crippen molar-refractivity contribution in [3.05, 3.63) is 51.7 Å². The van der Waals surface area contributed by atoms with Crippen molar-refractivity contribution >= 4 is 27.1 Å². The predicted molar refractivity (Wildman–Crippen MR) is 90.2 cm³/mol. The highest BCUT2D eigenvalue weighted by Crippen LogP contribution is 2.16. The molecular formula is C16H19NO4S2. The van der Waals surface area contributed by atoms with E-state index >= 15 is 0 Å². The van der Waals surface area contributed by atoms with Crippen LogP contribution in [0.3, 0.4) is 0 Å². The Morgan fingerprint density at radius 3 is 2.43 bits per heavy atom. The van der Waals surface area contributed by atoms with Gasteiger partial charge in [-0.25, -0.2) is 8.42 Å². The molecular weight excluding hydrogens is 334 g/mol. The summed E-state index contributed by atoms with van der Waals surface area (Å²) >= 11 is 1.60. The molecule has 5 nitrogen and oxygen atoms in total. The summed E-state index contributed by atoms with van der Waals surface area (Å²) in [5.74, 6) is -0.354. The van der Waals surface area contributed by atoms with Crippen molar-refractivity contribution < 1.29 is 18.3 Å². The van der Waals surface area contributed by atoms with Gasteiger partial charge in [0.2, 0.25) is 5.91 Å². The third kappa shape index (κ3) is 5.16. The van der Waals surface area contributed by atoms with Gasteiger partial charge >= 0.3 is 0 Å². The van der Waals surface area contributed by atoms with Crippen molar-refractivity contribution in [3.8, 4) is 0 Å². The lowest BCUT2D eigenvalue weighted by atomic mass is 10.2. The van der Waals surface area contributed by atoms with Crippen LogP contribution >= 0.6 is 11.3 Å². The Kier molecular flexibility index (Phi) is 5.92. The highest BCUT2D eigenvalue weighted by atomic mass is 32.2. The minimum Gasteiger partial charge on any atom is -0.395 e. The van der Waals surface area contributed by atoms with Crippen LogP contribution in [0.1, 0.15) is 15.3 Å². The van der Waals surface area contributed by atoms with Crippen molar-refractivity contribution in [2.75, 3.05) is 12.4 Å². The average Bonchev–Trinajstić information content (AvgIpc) is 2.90. The number of thiophene rings is 1. The quantitative estimate of drug-likeness (QED) is 0.793. The molecule has 0 saturated carbocycles. The average molecular weight is 353 g/mol. The highest BCUT2D eigenvalue weighted by Gasteiger charge is 2.13. The fourth-order valence-electron chi connectivity index (χ4n) is 2.05.